The Hall–Kier alpha value is -1.06. The van der Waals surface area contributed by atoms with Crippen molar-refractivity contribution >= 4 is 18.3 Å². The van der Waals surface area contributed by atoms with Gasteiger partial charge in [0.15, 0.2) is 0 Å². The Morgan fingerprint density at radius 2 is 2.00 bits per heavy atom. The molecule has 1 aromatic rings. The van der Waals surface area contributed by atoms with Crippen LogP contribution in [0.2, 0.25) is 0 Å². The molecule has 0 heterocycles. The van der Waals surface area contributed by atoms with E-state index in [1.807, 2.05) is 30.3 Å². The number of carbonyl (C=O) groups is 1. The van der Waals surface area contributed by atoms with Crippen molar-refractivity contribution in [2.75, 3.05) is 13.1 Å². The predicted molar refractivity (Wildman–Crippen MR) is 80.4 cm³/mol. The van der Waals surface area contributed by atoms with Gasteiger partial charge in [0.05, 0.1) is 5.92 Å². The van der Waals surface area contributed by atoms with Crippen LogP contribution < -0.4 is 11.1 Å². The first kappa shape index (κ1) is 16.0. The molecule has 0 aliphatic heterocycles. The minimum absolute atomic E-state index is 0. The zero-order valence-corrected chi connectivity index (χ0v) is 12.4. The van der Waals surface area contributed by atoms with Crippen molar-refractivity contribution in [3.05, 3.63) is 35.9 Å². The Bertz CT molecular complexity index is 419. The van der Waals surface area contributed by atoms with Gasteiger partial charge in [-0.2, -0.15) is 0 Å². The van der Waals surface area contributed by atoms with Crippen LogP contribution in [0.4, 0.5) is 0 Å². The summed E-state index contributed by atoms with van der Waals surface area (Å²) in [6, 6.07) is 9.74. The molecule has 1 amide bonds. The highest BCUT2D eigenvalue weighted by Crippen LogP contribution is 2.51. The highest BCUT2D eigenvalue weighted by Gasteiger charge is 2.45. The van der Waals surface area contributed by atoms with Gasteiger partial charge in [-0.1, -0.05) is 44.2 Å². The van der Waals surface area contributed by atoms with Crippen LogP contribution in [0.5, 0.6) is 0 Å². The van der Waals surface area contributed by atoms with Gasteiger partial charge < -0.3 is 11.1 Å². The van der Waals surface area contributed by atoms with Gasteiger partial charge in [0, 0.05) is 13.1 Å². The number of hydrogen-bond donors (Lipinski definition) is 2. The van der Waals surface area contributed by atoms with Gasteiger partial charge in [0.25, 0.3) is 0 Å². The molecule has 0 bridgehead atoms. The van der Waals surface area contributed by atoms with Crippen molar-refractivity contribution < 1.29 is 4.79 Å². The molecule has 0 radical (unpaired) electrons. The van der Waals surface area contributed by atoms with E-state index in [0.717, 1.165) is 12.1 Å². The Morgan fingerprint density at radius 1 is 1.42 bits per heavy atom. The summed E-state index contributed by atoms with van der Waals surface area (Å²) in [5, 5.41) is 3.03. The number of nitrogens with two attached hydrogens (primary N) is 1. The fourth-order valence-electron chi connectivity index (χ4n) is 2.35. The van der Waals surface area contributed by atoms with Crippen molar-refractivity contribution in [2.24, 2.45) is 17.1 Å². The molecular formula is C15H23ClN2O. The first-order valence-electron chi connectivity index (χ1n) is 6.57. The quantitative estimate of drug-likeness (QED) is 0.871. The van der Waals surface area contributed by atoms with Crippen LogP contribution in [-0.4, -0.2) is 19.0 Å². The molecule has 3 nitrogen and oxygen atoms in total. The van der Waals surface area contributed by atoms with E-state index in [0.29, 0.717) is 17.9 Å². The highest BCUT2D eigenvalue weighted by molar-refractivity contribution is 5.85. The molecule has 1 aliphatic carbocycles. The van der Waals surface area contributed by atoms with Crippen molar-refractivity contribution in [1.29, 1.82) is 0 Å². The molecule has 0 spiro atoms. The van der Waals surface area contributed by atoms with E-state index in [-0.39, 0.29) is 24.2 Å². The molecule has 1 aliphatic rings. The number of amides is 1. The zero-order valence-electron chi connectivity index (χ0n) is 11.6. The lowest BCUT2D eigenvalue weighted by atomic mass is 9.98. The van der Waals surface area contributed by atoms with E-state index in [2.05, 4.69) is 19.2 Å². The maximum atomic E-state index is 12.1. The first-order chi connectivity index (χ1) is 8.54. The highest BCUT2D eigenvalue weighted by atomic mass is 35.5. The third-order valence-electron chi connectivity index (χ3n) is 3.99. The average Bonchev–Trinajstić information content (AvgIpc) is 2.97. The van der Waals surface area contributed by atoms with Crippen LogP contribution in [0.1, 0.15) is 31.7 Å². The fourth-order valence-corrected chi connectivity index (χ4v) is 2.35. The van der Waals surface area contributed by atoms with Gasteiger partial charge >= 0.3 is 0 Å². The standard InChI is InChI=1S/C15H22N2O.ClH/c1-15(2)8-12(15)10-17-14(18)13(9-16)11-6-4-3-5-7-11;/h3-7,12-13H,8-10,16H2,1-2H3,(H,17,18);1H. The summed E-state index contributed by atoms with van der Waals surface area (Å²) in [7, 11) is 0. The van der Waals surface area contributed by atoms with Crippen LogP contribution in [0.15, 0.2) is 30.3 Å². The van der Waals surface area contributed by atoms with E-state index >= 15 is 0 Å². The van der Waals surface area contributed by atoms with E-state index in [9.17, 15) is 4.79 Å². The molecule has 2 unspecified atom stereocenters. The predicted octanol–water partition coefficient (Wildman–Crippen LogP) is 2.31. The maximum absolute atomic E-state index is 12.1. The monoisotopic (exact) mass is 282 g/mol. The first-order valence-corrected chi connectivity index (χ1v) is 6.57. The smallest absolute Gasteiger partial charge is 0.228 e. The Balaban J connectivity index is 0.00000180. The molecule has 2 rings (SSSR count). The summed E-state index contributed by atoms with van der Waals surface area (Å²) in [6.07, 6.45) is 1.20. The molecule has 3 N–H and O–H groups in total. The van der Waals surface area contributed by atoms with Crippen LogP contribution in [0.3, 0.4) is 0 Å². The average molecular weight is 283 g/mol. The Kier molecular flexibility index (Phi) is 5.39. The SMILES string of the molecule is CC1(C)CC1CNC(=O)C(CN)c1ccccc1.Cl. The van der Waals surface area contributed by atoms with E-state index in [1.54, 1.807) is 0 Å². The number of hydrogen-bond acceptors (Lipinski definition) is 2. The third-order valence-corrected chi connectivity index (χ3v) is 3.99. The second-order valence-electron chi connectivity index (χ2n) is 5.83. The lowest BCUT2D eigenvalue weighted by Crippen LogP contribution is -2.35. The van der Waals surface area contributed by atoms with E-state index in [4.69, 9.17) is 5.73 Å². The van der Waals surface area contributed by atoms with Crippen molar-refractivity contribution in [1.82, 2.24) is 5.32 Å². The van der Waals surface area contributed by atoms with Gasteiger partial charge in [-0.05, 0) is 23.3 Å². The van der Waals surface area contributed by atoms with Crippen molar-refractivity contribution in [2.45, 2.75) is 26.2 Å². The number of carbonyl (C=O) groups excluding carboxylic acids is 1. The van der Waals surface area contributed by atoms with Crippen LogP contribution >= 0.6 is 12.4 Å². The fraction of sp³-hybridized carbons (Fsp3) is 0.533. The van der Waals surface area contributed by atoms with E-state index in [1.165, 1.54) is 6.42 Å². The molecule has 1 saturated carbocycles. The summed E-state index contributed by atoms with van der Waals surface area (Å²) in [5.41, 5.74) is 7.11. The van der Waals surface area contributed by atoms with Gasteiger partial charge in [0.1, 0.15) is 0 Å². The number of nitrogens with one attached hydrogen (secondary N) is 1. The molecule has 1 fully saturated rings. The summed E-state index contributed by atoms with van der Waals surface area (Å²) < 4.78 is 0. The van der Waals surface area contributed by atoms with Crippen LogP contribution in [0, 0.1) is 11.3 Å². The minimum Gasteiger partial charge on any atom is -0.355 e. The van der Waals surface area contributed by atoms with Gasteiger partial charge in [-0.25, -0.2) is 0 Å². The lowest BCUT2D eigenvalue weighted by Gasteiger charge is -2.15. The Labute approximate surface area is 121 Å². The maximum Gasteiger partial charge on any atom is 0.228 e. The molecular weight excluding hydrogens is 260 g/mol. The van der Waals surface area contributed by atoms with Gasteiger partial charge in [0.2, 0.25) is 5.91 Å². The normalized spacial score (nSPS) is 21.1. The number of benzene rings is 1. The van der Waals surface area contributed by atoms with Gasteiger partial charge in [-0.3, -0.25) is 4.79 Å². The van der Waals surface area contributed by atoms with Crippen LogP contribution in [-0.2, 0) is 4.79 Å². The van der Waals surface area contributed by atoms with E-state index < -0.39 is 0 Å². The van der Waals surface area contributed by atoms with Crippen molar-refractivity contribution in [3.63, 3.8) is 0 Å². The van der Waals surface area contributed by atoms with Crippen molar-refractivity contribution in [3.8, 4) is 0 Å². The summed E-state index contributed by atoms with van der Waals surface area (Å²) in [5.74, 6) is 0.440. The molecule has 2 atom stereocenters. The van der Waals surface area contributed by atoms with Gasteiger partial charge in [-0.15, -0.1) is 12.4 Å². The zero-order chi connectivity index (χ0) is 13.2. The summed E-state index contributed by atoms with van der Waals surface area (Å²) in [4.78, 5) is 12.1. The molecule has 19 heavy (non-hydrogen) atoms. The Morgan fingerprint density at radius 3 is 2.47 bits per heavy atom. The summed E-state index contributed by atoms with van der Waals surface area (Å²) >= 11 is 0. The molecule has 4 heteroatoms. The number of rotatable bonds is 5. The molecule has 1 aromatic carbocycles. The lowest BCUT2D eigenvalue weighted by molar-refractivity contribution is -0.122. The molecule has 106 valence electrons. The summed E-state index contributed by atoms with van der Waals surface area (Å²) in [6.45, 7) is 5.60. The third kappa shape index (κ3) is 3.95. The molecule has 0 aromatic heterocycles. The van der Waals surface area contributed by atoms with Crippen LogP contribution in [0.25, 0.3) is 0 Å². The second-order valence-corrected chi connectivity index (χ2v) is 5.83. The minimum atomic E-state index is -0.229. The largest absolute Gasteiger partial charge is 0.355 e. The molecule has 0 saturated heterocycles. The second kappa shape index (κ2) is 6.40. The topological polar surface area (TPSA) is 55.1 Å². The number of halogens is 1.